The van der Waals surface area contributed by atoms with Gasteiger partial charge >= 0.3 is 0 Å². The molecule has 2 rings (SSSR count). The standard InChI is InChI=1S/C16H23N3/c1-3-14-6-4-5-7-16(14)19-11-9-13(2)18-15(12-19)8-10-17/h4-7,13,15,18H,3,8-9,11-12H2,1-2H3. The van der Waals surface area contributed by atoms with E-state index in [0.717, 1.165) is 25.9 Å². The number of nitrogens with one attached hydrogen (secondary N) is 1. The molecule has 1 heterocycles. The molecular formula is C16H23N3. The quantitative estimate of drug-likeness (QED) is 0.905. The second-order valence-electron chi connectivity index (χ2n) is 5.34. The average molecular weight is 257 g/mol. The van der Waals surface area contributed by atoms with Gasteiger partial charge in [-0.05, 0) is 31.4 Å². The predicted molar refractivity (Wildman–Crippen MR) is 79.3 cm³/mol. The van der Waals surface area contributed by atoms with Crippen molar-refractivity contribution in [2.45, 2.75) is 45.2 Å². The number of benzene rings is 1. The molecule has 3 nitrogen and oxygen atoms in total. The van der Waals surface area contributed by atoms with E-state index in [4.69, 9.17) is 5.26 Å². The summed E-state index contributed by atoms with van der Waals surface area (Å²) in [5.41, 5.74) is 2.73. The fourth-order valence-corrected chi connectivity index (χ4v) is 2.82. The monoisotopic (exact) mass is 257 g/mol. The number of nitriles is 1. The maximum Gasteiger partial charge on any atom is 0.0638 e. The van der Waals surface area contributed by atoms with Crippen LogP contribution in [0.3, 0.4) is 0 Å². The minimum Gasteiger partial charge on any atom is -0.370 e. The van der Waals surface area contributed by atoms with Crippen LogP contribution in [0.15, 0.2) is 24.3 Å². The van der Waals surface area contributed by atoms with E-state index >= 15 is 0 Å². The number of hydrogen-bond acceptors (Lipinski definition) is 3. The summed E-state index contributed by atoms with van der Waals surface area (Å²) in [5, 5.41) is 12.5. The molecule has 0 bridgehead atoms. The molecule has 1 aliphatic heterocycles. The third-order valence-corrected chi connectivity index (χ3v) is 3.84. The molecule has 102 valence electrons. The van der Waals surface area contributed by atoms with E-state index in [2.05, 4.69) is 54.4 Å². The molecule has 0 saturated carbocycles. The highest BCUT2D eigenvalue weighted by molar-refractivity contribution is 5.54. The van der Waals surface area contributed by atoms with Crippen molar-refractivity contribution in [3.8, 4) is 6.07 Å². The molecule has 1 fully saturated rings. The Bertz CT molecular complexity index is 450. The van der Waals surface area contributed by atoms with Gasteiger partial charge in [0.05, 0.1) is 12.5 Å². The van der Waals surface area contributed by atoms with Crippen LogP contribution in [-0.2, 0) is 6.42 Å². The van der Waals surface area contributed by atoms with Gasteiger partial charge in [0.1, 0.15) is 0 Å². The van der Waals surface area contributed by atoms with Crippen LogP contribution in [0.2, 0.25) is 0 Å². The molecule has 0 amide bonds. The zero-order valence-electron chi connectivity index (χ0n) is 11.9. The van der Waals surface area contributed by atoms with Crippen LogP contribution >= 0.6 is 0 Å². The number of para-hydroxylation sites is 1. The molecule has 3 heteroatoms. The van der Waals surface area contributed by atoms with E-state index in [9.17, 15) is 0 Å². The fourth-order valence-electron chi connectivity index (χ4n) is 2.82. The zero-order chi connectivity index (χ0) is 13.7. The van der Waals surface area contributed by atoms with Gasteiger partial charge in [-0.1, -0.05) is 25.1 Å². The van der Waals surface area contributed by atoms with E-state index in [0.29, 0.717) is 12.5 Å². The molecule has 0 spiro atoms. The number of rotatable bonds is 3. The lowest BCUT2D eigenvalue weighted by Crippen LogP contribution is -2.40. The van der Waals surface area contributed by atoms with Crippen LogP contribution in [0.1, 0.15) is 32.3 Å². The molecular weight excluding hydrogens is 234 g/mol. The molecule has 0 aliphatic carbocycles. The van der Waals surface area contributed by atoms with Gasteiger partial charge in [0.25, 0.3) is 0 Å². The van der Waals surface area contributed by atoms with Gasteiger partial charge in [-0.25, -0.2) is 0 Å². The highest BCUT2D eigenvalue weighted by atomic mass is 15.2. The average Bonchev–Trinajstić information content (AvgIpc) is 2.61. The number of anilines is 1. The Labute approximate surface area is 116 Å². The summed E-state index contributed by atoms with van der Waals surface area (Å²) in [6.45, 7) is 6.39. The molecule has 1 aliphatic rings. The maximum atomic E-state index is 8.95. The molecule has 1 N–H and O–H groups in total. The van der Waals surface area contributed by atoms with Crippen molar-refractivity contribution in [1.29, 1.82) is 5.26 Å². The molecule has 19 heavy (non-hydrogen) atoms. The number of hydrogen-bond donors (Lipinski definition) is 1. The normalized spacial score (nSPS) is 23.7. The Kier molecular flexibility index (Phi) is 4.81. The van der Waals surface area contributed by atoms with Gasteiger partial charge in [-0.15, -0.1) is 0 Å². The van der Waals surface area contributed by atoms with Crippen molar-refractivity contribution >= 4 is 5.69 Å². The molecule has 1 saturated heterocycles. The molecule has 1 aromatic carbocycles. The van der Waals surface area contributed by atoms with E-state index in [-0.39, 0.29) is 6.04 Å². The first kappa shape index (κ1) is 13.9. The highest BCUT2D eigenvalue weighted by Gasteiger charge is 2.22. The summed E-state index contributed by atoms with van der Waals surface area (Å²) in [4.78, 5) is 2.44. The van der Waals surface area contributed by atoms with Gasteiger partial charge < -0.3 is 10.2 Å². The van der Waals surface area contributed by atoms with Gasteiger partial charge in [-0.3, -0.25) is 0 Å². The van der Waals surface area contributed by atoms with Crippen LogP contribution in [0.5, 0.6) is 0 Å². The summed E-state index contributed by atoms with van der Waals surface area (Å²) in [6.07, 6.45) is 2.76. The lowest BCUT2D eigenvalue weighted by Gasteiger charge is -2.27. The van der Waals surface area contributed by atoms with Crippen molar-refractivity contribution in [2.75, 3.05) is 18.0 Å². The first-order valence-corrected chi connectivity index (χ1v) is 7.20. The number of nitrogens with zero attached hydrogens (tertiary/aromatic N) is 2. The number of aryl methyl sites for hydroxylation is 1. The van der Waals surface area contributed by atoms with E-state index < -0.39 is 0 Å². The van der Waals surface area contributed by atoms with Crippen molar-refractivity contribution in [3.63, 3.8) is 0 Å². The maximum absolute atomic E-state index is 8.95. The molecule has 0 aromatic heterocycles. The Morgan fingerprint density at radius 1 is 1.42 bits per heavy atom. The molecule has 0 radical (unpaired) electrons. The van der Waals surface area contributed by atoms with E-state index in [1.54, 1.807) is 0 Å². The van der Waals surface area contributed by atoms with Crippen LogP contribution in [-0.4, -0.2) is 25.2 Å². The summed E-state index contributed by atoms with van der Waals surface area (Å²) in [5.74, 6) is 0. The van der Waals surface area contributed by atoms with Crippen molar-refractivity contribution in [1.82, 2.24) is 5.32 Å². The Hall–Kier alpha value is -1.53. The third-order valence-electron chi connectivity index (χ3n) is 3.84. The first-order valence-electron chi connectivity index (χ1n) is 7.20. The van der Waals surface area contributed by atoms with E-state index in [1.807, 2.05) is 0 Å². The predicted octanol–water partition coefficient (Wildman–Crippen LogP) is 2.72. The minimum absolute atomic E-state index is 0.271. The lowest BCUT2D eigenvalue weighted by atomic mass is 10.1. The van der Waals surface area contributed by atoms with E-state index in [1.165, 1.54) is 11.3 Å². The van der Waals surface area contributed by atoms with Crippen LogP contribution in [0.4, 0.5) is 5.69 Å². The summed E-state index contributed by atoms with van der Waals surface area (Å²) in [7, 11) is 0. The topological polar surface area (TPSA) is 39.1 Å². The third kappa shape index (κ3) is 3.48. The second kappa shape index (κ2) is 6.58. The second-order valence-corrected chi connectivity index (χ2v) is 5.34. The van der Waals surface area contributed by atoms with Gasteiger partial charge in [0, 0.05) is 30.9 Å². The first-order chi connectivity index (χ1) is 9.24. The van der Waals surface area contributed by atoms with Crippen LogP contribution < -0.4 is 10.2 Å². The highest BCUT2D eigenvalue weighted by Crippen LogP contribution is 2.23. The van der Waals surface area contributed by atoms with Crippen molar-refractivity contribution in [3.05, 3.63) is 29.8 Å². The smallest absolute Gasteiger partial charge is 0.0638 e. The van der Waals surface area contributed by atoms with Gasteiger partial charge in [0.2, 0.25) is 0 Å². The van der Waals surface area contributed by atoms with Gasteiger partial charge in [-0.2, -0.15) is 5.26 Å². The Morgan fingerprint density at radius 2 is 2.21 bits per heavy atom. The van der Waals surface area contributed by atoms with Crippen molar-refractivity contribution < 1.29 is 0 Å². The lowest BCUT2D eigenvalue weighted by molar-refractivity contribution is 0.473. The molecule has 2 atom stereocenters. The summed E-state index contributed by atoms with van der Waals surface area (Å²) >= 11 is 0. The summed E-state index contributed by atoms with van der Waals surface area (Å²) < 4.78 is 0. The molecule has 2 unspecified atom stereocenters. The van der Waals surface area contributed by atoms with Crippen molar-refractivity contribution in [2.24, 2.45) is 0 Å². The van der Waals surface area contributed by atoms with Crippen LogP contribution in [0, 0.1) is 11.3 Å². The molecule has 1 aromatic rings. The van der Waals surface area contributed by atoms with Gasteiger partial charge in [0.15, 0.2) is 0 Å². The Morgan fingerprint density at radius 3 is 2.95 bits per heavy atom. The fraction of sp³-hybridized carbons (Fsp3) is 0.562. The Balaban J connectivity index is 2.20. The SMILES string of the molecule is CCc1ccccc1N1CCC(C)NC(CC#N)C1. The zero-order valence-corrected chi connectivity index (χ0v) is 11.9. The largest absolute Gasteiger partial charge is 0.370 e. The minimum atomic E-state index is 0.271. The summed E-state index contributed by atoms with van der Waals surface area (Å²) in [6, 6.07) is 11.7. The van der Waals surface area contributed by atoms with Crippen LogP contribution in [0.25, 0.3) is 0 Å².